The monoisotopic (exact) mass is 297 g/mol. The third-order valence-electron chi connectivity index (χ3n) is 3.17. The minimum absolute atomic E-state index is 0.119. The Hall–Kier alpha value is -1.89. The lowest BCUT2D eigenvalue weighted by molar-refractivity contribution is -0.119. The van der Waals surface area contributed by atoms with Gasteiger partial charge in [-0.25, -0.2) is 4.39 Å². The van der Waals surface area contributed by atoms with Gasteiger partial charge in [0.15, 0.2) is 16.3 Å². The first-order valence-electron chi connectivity index (χ1n) is 6.03. The van der Waals surface area contributed by atoms with Gasteiger partial charge in [0, 0.05) is 18.6 Å². The van der Waals surface area contributed by atoms with Crippen molar-refractivity contribution in [2.45, 2.75) is 25.8 Å². The number of rotatable bonds is 4. The van der Waals surface area contributed by atoms with Crippen LogP contribution in [-0.2, 0) is 10.3 Å². The molecule has 0 aliphatic rings. The molecule has 2 aromatic rings. The Labute approximate surface area is 120 Å². The van der Waals surface area contributed by atoms with E-state index < -0.39 is 17.3 Å². The van der Waals surface area contributed by atoms with E-state index in [-0.39, 0.29) is 12.2 Å². The third kappa shape index (κ3) is 2.40. The SMILES string of the molecule is COc1cc2c(cc1F)[nH]c(=S)n2C(C)(C)CC(N)=O. The van der Waals surface area contributed by atoms with Crippen LogP contribution in [0.4, 0.5) is 4.39 Å². The quantitative estimate of drug-likeness (QED) is 0.851. The second-order valence-corrected chi connectivity index (χ2v) is 5.61. The summed E-state index contributed by atoms with van der Waals surface area (Å²) in [6, 6.07) is 2.88. The smallest absolute Gasteiger partial charge is 0.219 e. The summed E-state index contributed by atoms with van der Waals surface area (Å²) >= 11 is 5.27. The molecule has 0 aliphatic carbocycles. The number of benzene rings is 1. The Morgan fingerprint density at radius 3 is 2.75 bits per heavy atom. The zero-order valence-corrected chi connectivity index (χ0v) is 12.3. The van der Waals surface area contributed by atoms with Crippen LogP contribution < -0.4 is 10.5 Å². The van der Waals surface area contributed by atoms with Crippen molar-refractivity contribution in [3.63, 3.8) is 0 Å². The fourth-order valence-electron chi connectivity index (χ4n) is 2.37. The van der Waals surface area contributed by atoms with E-state index in [2.05, 4.69) is 4.98 Å². The molecule has 0 unspecified atom stereocenters. The number of hydrogen-bond donors (Lipinski definition) is 2. The Kier molecular flexibility index (Phi) is 3.56. The van der Waals surface area contributed by atoms with Crippen LogP contribution in [-0.4, -0.2) is 22.6 Å². The summed E-state index contributed by atoms with van der Waals surface area (Å²) < 4.78 is 20.8. The minimum atomic E-state index is -0.621. The predicted molar refractivity (Wildman–Crippen MR) is 76.8 cm³/mol. The summed E-state index contributed by atoms with van der Waals surface area (Å²) in [6.07, 6.45) is 0.119. The van der Waals surface area contributed by atoms with Crippen LogP contribution in [0.1, 0.15) is 20.3 Å². The minimum Gasteiger partial charge on any atom is -0.494 e. The first-order chi connectivity index (χ1) is 9.26. The number of fused-ring (bicyclic) bond motifs is 1. The molecule has 1 amide bonds. The van der Waals surface area contributed by atoms with Crippen LogP contribution in [0.2, 0.25) is 0 Å². The first-order valence-corrected chi connectivity index (χ1v) is 6.44. The highest BCUT2D eigenvalue weighted by atomic mass is 32.1. The zero-order valence-electron chi connectivity index (χ0n) is 11.5. The van der Waals surface area contributed by atoms with E-state index in [1.54, 1.807) is 10.6 Å². The summed E-state index contributed by atoms with van der Waals surface area (Å²) in [5, 5.41) is 0. The molecule has 7 heteroatoms. The number of carbonyl (C=O) groups excluding carboxylic acids is 1. The van der Waals surface area contributed by atoms with Crippen molar-refractivity contribution in [3.05, 3.63) is 22.7 Å². The van der Waals surface area contributed by atoms with E-state index in [0.29, 0.717) is 15.8 Å². The zero-order chi connectivity index (χ0) is 15.1. The van der Waals surface area contributed by atoms with Gasteiger partial charge in [-0.1, -0.05) is 0 Å². The summed E-state index contributed by atoms with van der Waals surface area (Å²) in [4.78, 5) is 14.1. The van der Waals surface area contributed by atoms with Crippen molar-refractivity contribution in [1.82, 2.24) is 9.55 Å². The average Bonchev–Trinajstić information content (AvgIpc) is 2.61. The van der Waals surface area contributed by atoms with E-state index in [1.807, 2.05) is 13.8 Å². The van der Waals surface area contributed by atoms with Crippen LogP contribution in [0.15, 0.2) is 12.1 Å². The van der Waals surface area contributed by atoms with Gasteiger partial charge in [-0.2, -0.15) is 0 Å². The highest BCUT2D eigenvalue weighted by Crippen LogP contribution is 2.30. The van der Waals surface area contributed by atoms with Crippen LogP contribution >= 0.6 is 12.2 Å². The fourth-order valence-corrected chi connectivity index (χ4v) is 2.83. The van der Waals surface area contributed by atoms with Gasteiger partial charge in [-0.15, -0.1) is 0 Å². The fraction of sp³-hybridized carbons (Fsp3) is 0.385. The second kappa shape index (κ2) is 4.90. The average molecular weight is 297 g/mol. The lowest BCUT2D eigenvalue weighted by atomic mass is 9.99. The molecule has 0 saturated carbocycles. The Balaban J connectivity index is 2.73. The number of aromatic amines is 1. The summed E-state index contributed by atoms with van der Waals surface area (Å²) in [6.45, 7) is 3.69. The number of H-pyrrole nitrogens is 1. The van der Waals surface area contributed by atoms with Crippen LogP contribution in [0.25, 0.3) is 11.0 Å². The molecule has 1 aromatic carbocycles. The van der Waals surface area contributed by atoms with E-state index in [9.17, 15) is 9.18 Å². The lowest BCUT2D eigenvalue weighted by Gasteiger charge is -2.26. The molecule has 0 aliphatic heterocycles. The molecule has 2 rings (SSSR count). The molecule has 1 aromatic heterocycles. The second-order valence-electron chi connectivity index (χ2n) is 5.22. The molecular weight excluding hydrogens is 281 g/mol. The van der Waals surface area contributed by atoms with Crippen molar-refractivity contribution in [3.8, 4) is 5.75 Å². The van der Waals surface area contributed by atoms with Crippen LogP contribution in [0.5, 0.6) is 5.75 Å². The number of imidazole rings is 1. The molecule has 0 saturated heterocycles. The predicted octanol–water partition coefficient (Wildman–Crippen LogP) is 2.46. The van der Waals surface area contributed by atoms with Crippen molar-refractivity contribution in [2.24, 2.45) is 5.73 Å². The van der Waals surface area contributed by atoms with E-state index >= 15 is 0 Å². The number of hydrogen-bond acceptors (Lipinski definition) is 3. The Bertz CT molecular complexity index is 733. The number of ether oxygens (including phenoxy) is 1. The van der Waals surface area contributed by atoms with Gasteiger partial charge in [-0.05, 0) is 26.1 Å². The van der Waals surface area contributed by atoms with Crippen molar-refractivity contribution >= 4 is 29.2 Å². The molecular formula is C13H16FN3O2S. The van der Waals surface area contributed by atoms with Crippen LogP contribution in [0.3, 0.4) is 0 Å². The normalized spacial score (nSPS) is 11.8. The van der Waals surface area contributed by atoms with Gasteiger partial charge < -0.3 is 20.0 Å². The number of nitrogens with two attached hydrogens (primary N) is 1. The number of primary amides is 1. The number of carbonyl (C=O) groups is 1. The topological polar surface area (TPSA) is 73.0 Å². The maximum Gasteiger partial charge on any atom is 0.219 e. The summed E-state index contributed by atoms with van der Waals surface area (Å²) in [7, 11) is 1.39. The molecule has 0 bridgehead atoms. The van der Waals surface area contributed by atoms with Gasteiger partial charge in [-0.3, -0.25) is 4.79 Å². The van der Waals surface area contributed by atoms with Crippen LogP contribution in [0, 0.1) is 10.6 Å². The van der Waals surface area contributed by atoms with E-state index in [4.69, 9.17) is 22.7 Å². The molecule has 1 heterocycles. The Morgan fingerprint density at radius 2 is 2.20 bits per heavy atom. The molecule has 0 spiro atoms. The van der Waals surface area contributed by atoms with E-state index in [0.717, 1.165) is 0 Å². The molecule has 0 atom stereocenters. The van der Waals surface area contributed by atoms with Gasteiger partial charge in [0.2, 0.25) is 5.91 Å². The number of nitrogens with one attached hydrogen (secondary N) is 1. The first kappa shape index (κ1) is 14.5. The largest absolute Gasteiger partial charge is 0.494 e. The highest BCUT2D eigenvalue weighted by molar-refractivity contribution is 7.71. The number of amides is 1. The lowest BCUT2D eigenvalue weighted by Crippen LogP contribution is -2.32. The molecule has 5 nitrogen and oxygen atoms in total. The van der Waals surface area contributed by atoms with Crippen molar-refractivity contribution in [2.75, 3.05) is 7.11 Å². The number of nitrogens with zero attached hydrogens (tertiary/aromatic N) is 1. The highest BCUT2D eigenvalue weighted by Gasteiger charge is 2.26. The Morgan fingerprint density at radius 1 is 1.55 bits per heavy atom. The third-order valence-corrected chi connectivity index (χ3v) is 3.45. The summed E-state index contributed by atoms with van der Waals surface area (Å²) in [5.74, 6) is -0.786. The molecule has 0 fully saturated rings. The van der Waals surface area contributed by atoms with Crippen molar-refractivity contribution < 1.29 is 13.9 Å². The number of halogens is 1. The maximum absolute atomic E-state index is 13.7. The molecule has 0 radical (unpaired) electrons. The molecule has 20 heavy (non-hydrogen) atoms. The maximum atomic E-state index is 13.7. The van der Waals surface area contributed by atoms with Crippen molar-refractivity contribution in [1.29, 1.82) is 0 Å². The number of methoxy groups -OCH3 is 1. The summed E-state index contributed by atoms with van der Waals surface area (Å²) in [5.41, 5.74) is 5.87. The van der Waals surface area contributed by atoms with Gasteiger partial charge >= 0.3 is 0 Å². The number of aromatic nitrogens is 2. The van der Waals surface area contributed by atoms with Gasteiger partial charge in [0.1, 0.15) is 0 Å². The van der Waals surface area contributed by atoms with Gasteiger partial charge in [0.05, 0.1) is 23.7 Å². The van der Waals surface area contributed by atoms with Gasteiger partial charge in [0.25, 0.3) is 0 Å². The molecule has 3 N–H and O–H groups in total. The standard InChI is InChI=1S/C13H16FN3O2S/c1-13(2,6-11(15)18)17-9-5-10(19-3)7(14)4-8(9)16-12(17)20/h4-5H,6H2,1-3H3,(H2,15,18)(H,16,20). The van der Waals surface area contributed by atoms with E-state index in [1.165, 1.54) is 13.2 Å². The molecule has 108 valence electrons.